The third-order valence-corrected chi connectivity index (χ3v) is 4.45. The van der Waals surface area contributed by atoms with Crippen molar-refractivity contribution < 1.29 is 23.8 Å². The number of aliphatic hydroxyl groups excluding tert-OH is 1. The first-order chi connectivity index (χ1) is 11.1. The maximum Gasteiger partial charge on any atom is 0.143 e. The standard InChI is InChI=1S/C18H19FO4/c1-22-9-10-23-18-7-5-14(20)16(17(18)15(21)6-8-18)12-3-2-4-13(19)11-12/h2-5,7,11,17,20H,6,8-10H2,1H3. The van der Waals surface area contributed by atoms with Crippen molar-refractivity contribution in [1.82, 2.24) is 0 Å². The van der Waals surface area contributed by atoms with Crippen LogP contribution in [0.2, 0.25) is 0 Å². The predicted molar refractivity (Wildman–Crippen MR) is 83.4 cm³/mol. The van der Waals surface area contributed by atoms with Crippen LogP contribution in [-0.2, 0) is 14.3 Å². The fraction of sp³-hybridized carbons (Fsp3) is 0.389. The normalized spacial score (nSPS) is 26.7. The molecule has 0 saturated heterocycles. The van der Waals surface area contributed by atoms with E-state index in [1.807, 2.05) is 0 Å². The average molecular weight is 318 g/mol. The van der Waals surface area contributed by atoms with Crippen LogP contribution in [0.4, 0.5) is 4.39 Å². The predicted octanol–water partition coefficient (Wildman–Crippen LogP) is 3.05. The molecular formula is C18H19FO4. The first-order valence-corrected chi connectivity index (χ1v) is 7.61. The molecule has 2 aliphatic carbocycles. The number of rotatable bonds is 5. The number of hydrogen-bond acceptors (Lipinski definition) is 4. The van der Waals surface area contributed by atoms with Gasteiger partial charge in [-0.15, -0.1) is 0 Å². The lowest BCUT2D eigenvalue weighted by molar-refractivity contribution is -0.123. The van der Waals surface area contributed by atoms with Crippen molar-refractivity contribution in [3.05, 3.63) is 53.6 Å². The van der Waals surface area contributed by atoms with Gasteiger partial charge in [-0.05, 0) is 36.3 Å². The first-order valence-electron chi connectivity index (χ1n) is 7.61. The summed E-state index contributed by atoms with van der Waals surface area (Å²) in [5.74, 6) is -1.04. The topological polar surface area (TPSA) is 55.8 Å². The largest absolute Gasteiger partial charge is 0.508 e. The van der Waals surface area contributed by atoms with E-state index in [0.717, 1.165) is 0 Å². The van der Waals surface area contributed by atoms with E-state index in [2.05, 4.69) is 0 Å². The van der Waals surface area contributed by atoms with E-state index in [1.165, 1.54) is 12.1 Å². The number of ether oxygens (including phenoxy) is 2. The molecule has 5 heteroatoms. The van der Waals surface area contributed by atoms with Crippen LogP contribution in [0.25, 0.3) is 5.57 Å². The number of allylic oxidation sites excluding steroid dienone is 1. The Morgan fingerprint density at radius 2 is 2.22 bits per heavy atom. The van der Waals surface area contributed by atoms with Crippen LogP contribution < -0.4 is 0 Å². The zero-order valence-corrected chi connectivity index (χ0v) is 12.9. The van der Waals surface area contributed by atoms with Crippen molar-refractivity contribution in [2.45, 2.75) is 18.4 Å². The third-order valence-electron chi connectivity index (χ3n) is 4.45. The van der Waals surface area contributed by atoms with Gasteiger partial charge in [0.05, 0.1) is 19.1 Å². The second-order valence-corrected chi connectivity index (χ2v) is 5.84. The molecule has 122 valence electrons. The van der Waals surface area contributed by atoms with Gasteiger partial charge in [-0.1, -0.05) is 12.1 Å². The van der Waals surface area contributed by atoms with Crippen LogP contribution in [0.15, 0.2) is 42.2 Å². The number of benzene rings is 1. The fourth-order valence-corrected chi connectivity index (χ4v) is 3.41. The van der Waals surface area contributed by atoms with Crippen LogP contribution in [0.3, 0.4) is 0 Å². The number of hydrogen-bond donors (Lipinski definition) is 1. The molecule has 4 nitrogen and oxygen atoms in total. The molecule has 0 radical (unpaired) electrons. The number of ketones is 1. The molecule has 0 heterocycles. The van der Waals surface area contributed by atoms with Crippen LogP contribution in [0.1, 0.15) is 18.4 Å². The monoisotopic (exact) mass is 318 g/mol. The highest BCUT2D eigenvalue weighted by molar-refractivity contribution is 5.98. The van der Waals surface area contributed by atoms with Crippen molar-refractivity contribution >= 4 is 11.4 Å². The van der Waals surface area contributed by atoms with Gasteiger partial charge in [-0.3, -0.25) is 4.79 Å². The molecule has 0 bridgehead atoms. The second kappa shape index (κ2) is 6.26. The van der Waals surface area contributed by atoms with Crippen LogP contribution >= 0.6 is 0 Å². The highest BCUT2D eigenvalue weighted by Crippen LogP contribution is 2.48. The Balaban J connectivity index is 2.01. The number of methoxy groups -OCH3 is 1. The van der Waals surface area contributed by atoms with Gasteiger partial charge in [0.2, 0.25) is 0 Å². The van der Waals surface area contributed by atoms with Crippen LogP contribution in [-0.4, -0.2) is 36.8 Å². The highest BCUT2D eigenvalue weighted by atomic mass is 19.1. The summed E-state index contributed by atoms with van der Waals surface area (Å²) < 4.78 is 24.6. The Labute approximate surface area is 134 Å². The molecule has 1 fully saturated rings. The number of Topliss-reactive ketones (excluding diaryl/α,β-unsaturated/α-hetero) is 1. The SMILES string of the molecule is COCCOC12C=CC(O)=C(c3cccc(F)c3)C1C(=O)CC2. The van der Waals surface area contributed by atoms with Crippen molar-refractivity contribution in [2.24, 2.45) is 5.92 Å². The molecule has 1 aromatic rings. The average Bonchev–Trinajstić information content (AvgIpc) is 2.86. The van der Waals surface area contributed by atoms with Gasteiger partial charge in [0.15, 0.2) is 0 Å². The molecule has 1 aromatic carbocycles. The molecule has 0 spiro atoms. The summed E-state index contributed by atoms with van der Waals surface area (Å²) in [5, 5.41) is 10.3. The summed E-state index contributed by atoms with van der Waals surface area (Å²) in [4.78, 5) is 12.5. The van der Waals surface area contributed by atoms with Crippen molar-refractivity contribution in [1.29, 1.82) is 0 Å². The van der Waals surface area contributed by atoms with E-state index in [-0.39, 0.29) is 11.5 Å². The molecular weight excluding hydrogens is 299 g/mol. The Hall–Kier alpha value is -1.98. The Kier molecular flexibility index (Phi) is 4.33. The Bertz CT molecular complexity index is 679. The highest BCUT2D eigenvalue weighted by Gasteiger charge is 2.52. The second-order valence-electron chi connectivity index (χ2n) is 5.84. The van der Waals surface area contributed by atoms with Gasteiger partial charge >= 0.3 is 0 Å². The summed E-state index contributed by atoms with van der Waals surface area (Å²) in [6.45, 7) is 0.767. The minimum Gasteiger partial charge on any atom is -0.508 e. The molecule has 0 aromatic heterocycles. The van der Waals surface area contributed by atoms with E-state index in [0.29, 0.717) is 37.2 Å². The minimum atomic E-state index is -0.788. The van der Waals surface area contributed by atoms with Crippen molar-refractivity contribution in [3.8, 4) is 0 Å². The van der Waals surface area contributed by atoms with Crippen LogP contribution in [0, 0.1) is 11.7 Å². The Morgan fingerprint density at radius 3 is 2.96 bits per heavy atom. The summed E-state index contributed by atoms with van der Waals surface area (Å²) >= 11 is 0. The molecule has 0 amide bonds. The zero-order chi connectivity index (χ0) is 16.4. The van der Waals surface area contributed by atoms with E-state index < -0.39 is 17.3 Å². The van der Waals surface area contributed by atoms with E-state index >= 15 is 0 Å². The van der Waals surface area contributed by atoms with Gasteiger partial charge in [0, 0.05) is 19.1 Å². The quantitative estimate of drug-likeness (QED) is 0.848. The number of carbonyl (C=O) groups excluding carboxylic acids is 1. The maximum absolute atomic E-state index is 13.6. The number of aliphatic hydroxyl groups is 1. The molecule has 2 aliphatic rings. The number of fused-ring (bicyclic) bond motifs is 1. The third kappa shape index (κ3) is 2.82. The fourth-order valence-electron chi connectivity index (χ4n) is 3.41. The van der Waals surface area contributed by atoms with Gasteiger partial charge in [-0.25, -0.2) is 4.39 Å². The molecule has 1 saturated carbocycles. The van der Waals surface area contributed by atoms with Crippen LogP contribution in [0.5, 0.6) is 0 Å². The van der Waals surface area contributed by atoms with E-state index in [9.17, 15) is 14.3 Å². The lowest BCUT2D eigenvalue weighted by atomic mass is 9.77. The van der Waals surface area contributed by atoms with E-state index in [4.69, 9.17) is 9.47 Å². The van der Waals surface area contributed by atoms with Crippen molar-refractivity contribution in [3.63, 3.8) is 0 Å². The number of carbonyl (C=O) groups is 1. The van der Waals surface area contributed by atoms with Crippen molar-refractivity contribution in [2.75, 3.05) is 20.3 Å². The maximum atomic E-state index is 13.6. The molecule has 23 heavy (non-hydrogen) atoms. The lowest BCUT2D eigenvalue weighted by Crippen LogP contribution is -2.40. The molecule has 2 unspecified atom stereocenters. The molecule has 3 rings (SSSR count). The molecule has 0 aliphatic heterocycles. The van der Waals surface area contributed by atoms with E-state index in [1.54, 1.807) is 31.4 Å². The smallest absolute Gasteiger partial charge is 0.143 e. The first kappa shape index (κ1) is 15.9. The zero-order valence-electron chi connectivity index (χ0n) is 12.9. The summed E-state index contributed by atoms with van der Waals surface area (Å²) in [6, 6.07) is 5.92. The molecule has 2 atom stereocenters. The minimum absolute atomic E-state index is 0.00224. The van der Waals surface area contributed by atoms with Gasteiger partial charge < -0.3 is 14.6 Å². The molecule has 1 N–H and O–H groups in total. The van der Waals surface area contributed by atoms with Gasteiger partial charge in [-0.2, -0.15) is 0 Å². The summed E-state index contributed by atoms with van der Waals surface area (Å²) in [6.07, 6.45) is 4.20. The Morgan fingerprint density at radius 1 is 1.39 bits per heavy atom. The summed E-state index contributed by atoms with van der Waals surface area (Å²) in [5.41, 5.74) is 0.155. The van der Waals surface area contributed by atoms with Gasteiger partial charge in [0.25, 0.3) is 0 Å². The number of halogens is 1. The summed E-state index contributed by atoms with van der Waals surface area (Å²) in [7, 11) is 1.58. The lowest BCUT2D eigenvalue weighted by Gasteiger charge is -2.36. The van der Waals surface area contributed by atoms with Gasteiger partial charge in [0.1, 0.15) is 23.0 Å².